The summed E-state index contributed by atoms with van der Waals surface area (Å²) in [5, 5.41) is 0. The van der Waals surface area contributed by atoms with Gasteiger partial charge in [0.15, 0.2) is 0 Å². The zero-order valence-electron chi connectivity index (χ0n) is 4.70. The van der Waals surface area contributed by atoms with Gasteiger partial charge in [-0.05, 0) is 0 Å². The molecule has 0 spiro atoms. The summed E-state index contributed by atoms with van der Waals surface area (Å²) >= 11 is 0. The fourth-order valence-electron chi connectivity index (χ4n) is 0. The van der Waals surface area contributed by atoms with Crippen LogP contribution in [0.3, 0.4) is 0 Å². The first kappa shape index (κ1) is 56.8. The Bertz CT molecular complexity index is 55.7. The third-order valence-corrected chi connectivity index (χ3v) is 0. The van der Waals surface area contributed by atoms with Gasteiger partial charge < -0.3 is 42.1 Å². The van der Waals surface area contributed by atoms with Gasteiger partial charge in [-0.2, -0.15) is 0 Å². The van der Waals surface area contributed by atoms with E-state index in [1.807, 2.05) is 0 Å². The fourth-order valence-corrected chi connectivity index (χ4v) is 0. The SMILES string of the molecule is O.O.O.O.O.O=P(O)(O)O.[CaH2]. The molecule has 11 heteroatoms. The Morgan fingerprint density at radius 3 is 0.727 bits per heavy atom. The first-order valence-corrected chi connectivity index (χ1v) is 2.35. The zero-order valence-corrected chi connectivity index (χ0v) is 5.59. The molecule has 0 rings (SSSR count). The van der Waals surface area contributed by atoms with Crippen LogP contribution in [0.15, 0.2) is 0 Å². The van der Waals surface area contributed by atoms with Crippen LogP contribution in [0.25, 0.3) is 0 Å². The van der Waals surface area contributed by atoms with Crippen molar-refractivity contribution in [1.29, 1.82) is 0 Å². The Kier molecular flexibility index (Phi) is 116. The number of rotatable bonds is 0. The van der Waals surface area contributed by atoms with Crippen molar-refractivity contribution < 1.29 is 46.6 Å². The van der Waals surface area contributed by atoms with Gasteiger partial charge in [-0.25, -0.2) is 4.57 Å². The van der Waals surface area contributed by atoms with Crippen molar-refractivity contribution in [2.75, 3.05) is 0 Å². The summed E-state index contributed by atoms with van der Waals surface area (Å²) in [6.45, 7) is 0. The van der Waals surface area contributed by atoms with Crippen LogP contribution >= 0.6 is 7.82 Å². The van der Waals surface area contributed by atoms with Crippen molar-refractivity contribution >= 4 is 45.6 Å². The van der Waals surface area contributed by atoms with Crippen molar-refractivity contribution in [1.82, 2.24) is 0 Å². The summed E-state index contributed by atoms with van der Waals surface area (Å²) in [6, 6.07) is 0. The summed E-state index contributed by atoms with van der Waals surface area (Å²) in [7, 11) is -4.64. The third-order valence-electron chi connectivity index (χ3n) is 0. The molecule has 0 aliphatic heterocycles. The second-order valence-electron chi connectivity index (χ2n) is 0.513. The van der Waals surface area contributed by atoms with Crippen LogP contribution in [0.4, 0.5) is 0 Å². The first-order valence-electron chi connectivity index (χ1n) is 0.783. The topological polar surface area (TPSA) is 235 Å². The Hall–Kier alpha value is 1.17. The van der Waals surface area contributed by atoms with E-state index in [0.717, 1.165) is 0 Å². The van der Waals surface area contributed by atoms with E-state index in [1.165, 1.54) is 0 Å². The summed E-state index contributed by atoms with van der Waals surface area (Å²) in [5.41, 5.74) is 0. The molecule has 0 bridgehead atoms. The standard InChI is InChI=1S/Ca.H3O4P.5H2O.2H/c;1-5(2,3)4;;;;;;;/h;(H3,1,2,3,4);5*1H2;;. The molecule has 0 aliphatic carbocycles. The van der Waals surface area contributed by atoms with E-state index in [9.17, 15) is 0 Å². The molecule has 9 nitrogen and oxygen atoms in total. The Morgan fingerprint density at radius 1 is 0.727 bits per heavy atom. The van der Waals surface area contributed by atoms with E-state index >= 15 is 0 Å². The van der Waals surface area contributed by atoms with Crippen molar-refractivity contribution in [3.05, 3.63) is 0 Å². The second kappa shape index (κ2) is 22.5. The van der Waals surface area contributed by atoms with Gasteiger partial charge in [-0.3, -0.25) is 0 Å². The fraction of sp³-hybridized carbons (Fsp3) is 0. The number of hydrogen-bond donors (Lipinski definition) is 3. The molecule has 0 aliphatic rings. The van der Waals surface area contributed by atoms with E-state index in [2.05, 4.69) is 0 Å². The molecular weight excluding hydrogens is 215 g/mol. The monoisotopic (exact) mass is 230 g/mol. The maximum absolute atomic E-state index is 8.88. The quantitative estimate of drug-likeness (QED) is 0.272. The molecule has 13 N–H and O–H groups in total. The van der Waals surface area contributed by atoms with Crippen LogP contribution in [0.2, 0.25) is 0 Å². The van der Waals surface area contributed by atoms with E-state index in [1.54, 1.807) is 0 Å². The van der Waals surface area contributed by atoms with Crippen molar-refractivity contribution in [3.63, 3.8) is 0 Å². The molecule has 0 fully saturated rings. The van der Waals surface area contributed by atoms with Crippen molar-refractivity contribution in [3.8, 4) is 0 Å². The van der Waals surface area contributed by atoms with E-state index < -0.39 is 7.82 Å². The van der Waals surface area contributed by atoms with Crippen LogP contribution in [-0.4, -0.2) is 79.8 Å². The summed E-state index contributed by atoms with van der Waals surface area (Å²) in [4.78, 5) is 21.6. The predicted molar refractivity (Wildman–Crippen MR) is 40.9 cm³/mol. The molecule has 0 unspecified atom stereocenters. The van der Waals surface area contributed by atoms with Crippen LogP contribution in [-0.2, 0) is 4.57 Å². The van der Waals surface area contributed by atoms with E-state index in [4.69, 9.17) is 19.2 Å². The summed E-state index contributed by atoms with van der Waals surface area (Å²) in [5.74, 6) is 0. The van der Waals surface area contributed by atoms with Crippen molar-refractivity contribution in [2.45, 2.75) is 0 Å². The molecule has 0 aromatic heterocycles. The van der Waals surface area contributed by atoms with Gasteiger partial charge in [0.2, 0.25) is 0 Å². The Morgan fingerprint density at radius 2 is 0.727 bits per heavy atom. The van der Waals surface area contributed by atoms with Gasteiger partial charge in [0, 0.05) is 0 Å². The van der Waals surface area contributed by atoms with Gasteiger partial charge in [-0.15, -0.1) is 0 Å². The van der Waals surface area contributed by atoms with Gasteiger partial charge in [0.05, 0.1) is 0 Å². The summed E-state index contributed by atoms with van der Waals surface area (Å²) in [6.07, 6.45) is 0. The van der Waals surface area contributed by atoms with Crippen molar-refractivity contribution in [2.24, 2.45) is 0 Å². The number of hydrogen-bond acceptors (Lipinski definition) is 1. The molecule has 0 aromatic rings. The average Bonchev–Trinajstić information content (AvgIpc) is 0.722. The molecule has 0 atom stereocenters. The molecule has 0 radical (unpaired) electrons. The average molecular weight is 230 g/mol. The van der Waals surface area contributed by atoms with Gasteiger partial charge in [-0.1, -0.05) is 0 Å². The molecule has 0 saturated heterocycles. The Balaban J connectivity index is -0.00000000533. The molecule has 0 amide bonds. The molecule has 0 aromatic carbocycles. The normalized spacial score (nSPS) is 5.36. The van der Waals surface area contributed by atoms with Crippen LogP contribution in [0, 0.1) is 0 Å². The maximum atomic E-state index is 8.88. The Labute approximate surface area is 91.8 Å². The third kappa shape index (κ3) is 686. The van der Waals surface area contributed by atoms with Gasteiger partial charge in [0.25, 0.3) is 0 Å². The zero-order chi connectivity index (χ0) is 4.50. The van der Waals surface area contributed by atoms with Crippen LogP contribution < -0.4 is 0 Å². The minimum absolute atomic E-state index is 0. The van der Waals surface area contributed by atoms with E-state index in [-0.39, 0.29) is 65.1 Å². The van der Waals surface area contributed by atoms with E-state index in [0.29, 0.717) is 0 Å². The molecule has 0 saturated carbocycles. The first-order chi connectivity index (χ1) is 2.00. The summed E-state index contributed by atoms with van der Waals surface area (Å²) < 4.78 is 8.88. The molecule has 76 valence electrons. The minimum atomic E-state index is -4.64. The van der Waals surface area contributed by atoms with Crippen LogP contribution in [0.1, 0.15) is 0 Å². The molecular formula is H15CaO9P. The predicted octanol–water partition coefficient (Wildman–Crippen LogP) is -5.97. The number of phosphoric acid groups is 1. The van der Waals surface area contributed by atoms with Crippen LogP contribution in [0.5, 0.6) is 0 Å². The second-order valence-corrected chi connectivity index (χ2v) is 1.54. The van der Waals surface area contributed by atoms with Gasteiger partial charge >= 0.3 is 45.6 Å². The molecule has 0 heterocycles. The van der Waals surface area contributed by atoms with Gasteiger partial charge in [0.1, 0.15) is 0 Å². The molecule has 11 heavy (non-hydrogen) atoms.